The molecule has 0 heterocycles. The van der Waals surface area contributed by atoms with Crippen molar-refractivity contribution in [1.82, 2.24) is 0 Å². The summed E-state index contributed by atoms with van der Waals surface area (Å²) >= 11 is 4.44. The molecule has 0 N–H and O–H groups in total. The Labute approximate surface area is 75.9 Å². The van der Waals surface area contributed by atoms with Crippen LogP contribution in [-0.2, 0) is 0 Å². The maximum Gasteiger partial charge on any atom is 0.129 e. The Bertz CT molecular complexity index is 331. The first-order chi connectivity index (χ1) is 5.65. The second kappa shape index (κ2) is 3.57. The van der Waals surface area contributed by atoms with Gasteiger partial charge in [0.25, 0.3) is 0 Å². The van der Waals surface area contributed by atoms with E-state index < -0.39 is 0 Å². The van der Waals surface area contributed by atoms with Crippen LogP contribution < -0.4 is 0 Å². The number of aryl methyl sites for hydroxylation is 2. The van der Waals surface area contributed by atoms with Crippen molar-refractivity contribution >= 4 is 23.1 Å². The van der Waals surface area contributed by atoms with Gasteiger partial charge < -0.3 is 0 Å². The molecule has 62 valence electrons. The molecule has 1 aromatic rings. The third-order valence-electron chi connectivity index (χ3n) is 1.60. The largest absolute Gasteiger partial charge is 0.206 e. The smallest absolute Gasteiger partial charge is 0.129 e. The van der Waals surface area contributed by atoms with Crippen LogP contribution in [0.5, 0.6) is 0 Å². The lowest BCUT2D eigenvalue weighted by atomic mass is 10.1. The van der Waals surface area contributed by atoms with E-state index in [0.717, 1.165) is 0 Å². The Kier molecular flexibility index (Phi) is 2.69. The van der Waals surface area contributed by atoms with E-state index in [4.69, 9.17) is 0 Å². The van der Waals surface area contributed by atoms with Crippen molar-refractivity contribution < 1.29 is 4.39 Å². The predicted molar refractivity (Wildman–Crippen MR) is 50.6 cm³/mol. The molecule has 0 saturated heterocycles. The van der Waals surface area contributed by atoms with Crippen LogP contribution in [-0.4, -0.2) is 5.16 Å². The predicted octanol–water partition coefficient (Wildman–Crippen LogP) is 3.18. The highest BCUT2D eigenvalue weighted by atomic mass is 32.1. The summed E-state index contributed by atoms with van der Waals surface area (Å²) in [5.74, 6) is -0.182. The number of benzene rings is 1. The van der Waals surface area contributed by atoms with Gasteiger partial charge in [0.2, 0.25) is 0 Å². The van der Waals surface area contributed by atoms with E-state index in [1.54, 1.807) is 26.0 Å². The number of aliphatic imine (C=N–C) groups is 1. The van der Waals surface area contributed by atoms with E-state index in [0.29, 0.717) is 16.8 Å². The maximum absolute atomic E-state index is 13.1. The van der Waals surface area contributed by atoms with Gasteiger partial charge in [0.1, 0.15) is 5.82 Å². The van der Waals surface area contributed by atoms with Gasteiger partial charge >= 0.3 is 0 Å². The molecule has 0 unspecified atom stereocenters. The second-order valence-corrected chi connectivity index (χ2v) is 2.78. The molecular weight excluding hydrogens is 173 g/mol. The fourth-order valence-electron chi connectivity index (χ4n) is 1.04. The highest BCUT2D eigenvalue weighted by molar-refractivity contribution is 7.78. The molecule has 0 bridgehead atoms. The molecule has 3 heteroatoms. The minimum atomic E-state index is -0.182. The number of nitrogens with zero attached hydrogens (tertiary/aromatic N) is 1. The third-order valence-corrected chi connectivity index (χ3v) is 1.69. The van der Waals surface area contributed by atoms with E-state index >= 15 is 0 Å². The Balaban J connectivity index is 3.30. The molecule has 0 spiro atoms. The van der Waals surface area contributed by atoms with Gasteiger partial charge in [-0.3, -0.25) is 0 Å². The Morgan fingerprint density at radius 1 is 1.33 bits per heavy atom. The van der Waals surface area contributed by atoms with Crippen LogP contribution in [0, 0.1) is 19.7 Å². The molecule has 1 nitrogen and oxygen atoms in total. The van der Waals surface area contributed by atoms with Crippen LogP contribution in [0.1, 0.15) is 11.1 Å². The minimum absolute atomic E-state index is 0.182. The lowest BCUT2D eigenvalue weighted by Gasteiger charge is -2.00. The summed E-state index contributed by atoms with van der Waals surface area (Å²) in [4.78, 5) is 3.77. The molecule has 0 amide bonds. The number of thiocarbonyl (C=S) groups is 1. The normalized spacial score (nSPS) is 9.25. The van der Waals surface area contributed by atoms with E-state index in [2.05, 4.69) is 22.4 Å². The van der Waals surface area contributed by atoms with E-state index in [1.165, 1.54) is 0 Å². The zero-order valence-electron chi connectivity index (χ0n) is 6.89. The fourth-order valence-corrected chi connectivity index (χ4v) is 1.15. The second-order valence-electron chi connectivity index (χ2n) is 2.60. The van der Waals surface area contributed by atoms with Crippen molar-refractivity contribution in [2.24, 2.45) is 4.99 Å². The molecule has 0 saturated carbocycles. The van der Waals surface area contributed by atoms with E-state index in [1.807, 2.05) is 0 Å². The van der Waals surface area contributed by atoms with Gasteiger partial charge in [-0.05, 0) is 49.3 Å². The molecule has 0 atom stereocenters. The summed E-state index contributed by atoms with van der Waals surface area (Å²) in [6.07, 6.45) is 0. The van der Waals surface area contributed by atoms with E-state index in [9.17, 15) is 4.39 Å². The minimum Gasteiger partial charge on any atom is -0.206 e. The number of hydrogen-bond donors (Lipinski definition) is 0. The Morgan fingerprint density at radius 3 is 2.25 bits per heavy atom. The number of rotatable bonds is 1. The van der Waals surface area contributed by atoms with Crippen molar-refractivity contribution in [2.75, 3.05) is 0 Å². The molecular formula is C9H8FNS. The molecule has 0 aliphatic rings. The highest BCUT2D eigenvalue weighted by Crippen LogP contribution is 2.19. The van der Waals surface area contributed by atoms with Crippen LogP contribution in [0.3, 0.4) is 0 Å². The van der Waals surface area contributed by atoms with Crippen LogP contribution in [0.15, 0.2) is 17.1 Å². The summed E-state index contributed by atoms with van der Waals surface area (Å²) in [6.45, 7) is 3.40. The average molecular weight is 181 g/mol. The average Bonchev–Trinajstić information content (AvgIpc) is 2.01. The van der Waals surface area contributed by atoms with Gasteiger partial charge in [-0.1, -0.05) is 0 Å². The van der Waals surface area contributed by atoms with Gasteiger partial charge in [0.15, 0.2) is 0 Å². The SMILES string of the molecule is Cc1cc(N=C=S)cc(C)c1F. The summed E-state index contributed by atoms with van der Waals surface area (Å²) in [5.41, 5.74) is 1.82. The van der Waals surface area contributed by atoms with Gasteiger partial charge in [-0.25, -0.2) is 4.39 Å². The van der Waals surface area contributed by atoms with Gasteiger partial charge in [-0.15, -0.1) is 0 Å². The van der Waals surface area contributed by atoms with Crippen LogP contribution in [0.4, 0.5) is 10.1 Å². The van der Waals surface area contributed by atoms with Gasteiger partial charge in [-0.2, -0.15) is 4.99 Å². The standard InChI is InChI=1S/C9H8FNS/c1-6-3-8(11-5-12)4-7(2)9(6)10/h3-4H,1-2H3. The van der Waals surface area contributed by atoms with Crippen molar-refractivity contribution in [3.05, 3.63) is 29.1 Å². The lowest BCUT2D eigenvalue weighted by Crippen LogP contribution is -1.86. The summed E-state index contributed by atoms with van der Waals surface area (Å²) in [5, 5.41) is 2.24. The lowest BCUT2D eigenvalue weighted by molar-refractivity contribution is 0.609. The quantitative estimate of drug-likeness (QED) is 0.479. The maximum atomic E-state index is 13.1. The van der Waals surface area contributed by atoms with E-state index in [-0.39, 0.29) is 5.82 Å². The topological polar surface area (TPSA) is 12.4 Å². The van der Waals surface area contributed by atoms with Crippen molar-refractivity contribution in [3.63, 3.8) is 0 Å². The number of hydrogen-bond acceptors (Lipinski definition) is 2. The Hall–Kier alpha value is -1.05. The number of isothiocyanates is 1. The van der Waals surface area contributed by atoms with Gasteiger partial charge in [0.05, 0.1) is 10.8 Å². The first kappa shape index (κ1) is 9.04. The number of halogens is 1. The molecule has 12 heavy (non-hydrogen) atoms. The summed E-state index contributed by atoms with van der Waals surface area (Å²) in [7, 11) is 0. The molecule has 0 fully saturated rings. The molecule has 0 aromatic heterocycles. The highest BCUT2D eigenvalue weighted by Gasteiger charge is 2.02. The summed E-state index contributed by atoms with van der Waals surface area (Å²) in [6, 6.07) is 3.28. The zero-order chi connectivity index (χ0) is 9.14. The first-order valence-corrected chi connectivity index (χ1v) is 3.90. The van der Waals surface area contributed by atoms with Crippen molar-refractivity contribution in [2.45, 2.75) is 13.8 Å². The van der Waals surface area contributed by atoms with Crippen molar-refractivity contribution in [3.8, 4) is 0 Å². The molecule has 1 aromatic carbocycles. The van der Waals surface area contributed by atoms with Gasteiger partial charge in [0, 0.05) is 0 Å². The van der Waals surface area contributed by atoms with Crippen LogP contribution >= 0.6 is 12.2 Å². The first-order valence-electron chi connectivity index (χ1n) is 3.50. The molecule has 0 aliphatic heterocycles. The van der Waals surface area contributed by atoms with Crippen molar-refractivity contribution in [1.29, 1.82) is 0 Å². The Morgan fingerprint density at radius 2 is 1.83 bits per heavy atom. The summed E-state index contributed by atoms with van der Waals surface area (Å²) < 4.78 is 13.1. The molecule has 1 rings (SSSR count). The fraction of sp³-hybridized carbons (Fsp3) is 0.222. The third kappa shape index (κ3) is 1.76. The molecule has 0 aliphatic carbocycles. The molecule has 0 radical (unpaired) electrons. The van der Waals surface area contributed by atoms with Crippen LogP contribution in [0.2, 0.25) is 0 Å². The van der Waals surface area contributed by atoms with Crippen LogP contribution in [0.25, 0.3) is 0 Å². The zero-order valence-corrected chi connectivity index (χ0v) is 7.70. The monoisotopic (exact) mass is 181 g/mol.